The average Bonchev–Trinajstić information content (AvgIpc) is 2.55. The molecule has 0 saturated heterocycles. The topological polar surface area (TPSA) is 87.3 Å². The molecular formula is C16H19N3O3S. The maximum absolute atomic E-state index is 11.8. The van der Waals surface area contributed by atoms with E-state index in [0.29, 0.717) is 17.9 Å². The molecule has 0 spiro atoms. The van der Waals surface area contributed by atoms with Gasteiger partial charge in [0, 0.05) is 17.9 Å². The number of anilines is 2. The molecule has 3 N–H and O–H groups in total. The molecule has 0 atom stereocenters. The van der Waals surface area contributed by atoms with Crippen molar-refractivity contribution in [2.75, 3.05) is 15.8 Å². The third-order valence-electron chi connectivity index (χ3n) is 3.09. The quantitative estimate of drug-likeness (QED) is 0.759. The minimum Gasteiger partial charge on any atom is -0.334 e. The number of hydrogen-bond acceptors (Lipinski definition) is 3. The molecule has 122 valence electrons. The molecule has 0 aliphatic heterocycles. The van der Waals surface area contributed by atoms with Crippen LogP contribution in [-0.2, 0) is 16.6 Å². The number of amides is 2. The molecule has 6 nitrogen and oxygen atoms in total. The monoisotopic (exact) mass is 333 g/mol. The minimum atomic E-state index is -3.30. The van der Waals surface area contributed by atoms with Gasteiger partial charge >= 0.3 is 6.03 Å². The van der Waals surface area contributed by atoms with Gasteiger partial charge in [0.05, 0.1) is 5.75 Å². The number of carbonyl (C=O) groups excluding carboxylic acids is 1. The summed E-state index contributed by atoms with van der Waals surface area (Å²) in [7, 11) is -3.30. The molecule has 0 aromatic heterocycles. The fourth-order valence-electron chi connectivity index (χ4n) is 1.83. The van der Waals surface area contributed by atoms with Gasteiger partial charge in [0.1, 0.15) is 0 Å². The van der Waals surface area contributed by atoms with Crippen LogP contribution >= 0.6 is 0 Å². The van der Waals surface area contributed by atoms with Gasteiger partial charge in [-0.1, -0.05) is 30.3 Å². The Morgan fingerprint density at radius 3 is 2.17 bits per heavy atom. The molecule has 0 fully saturated rings. The van der Waals surface area contributed by atoms with Gasteiger partial charge in [0.2, 0.25) is 10.0 Å². The Hall–Kier alpha value is -2.54. The summed E-state index contributed by atoms with van der Waals surface area (Å²) in [6, 6.07) is 15.7. The van der Waals surface area contributed by atoms with E-state index in [1.54, 1.807) is 31.2 Å². The average molecular weight is 333 g/mol. The molecule has 0 bridgehead atoms. The Balaban J connectivity index is 1.87. The van der Waals surface area contributed by atoms with Gasteiger partial charge in [-0.3, -0.25) is 4.72 Å². The number of benzene rings is 2. The Labute approximate surface area is 136 Å². The van der Waals surface area contributed by atoms with Gasteiger partial charge in [-0.15, -0.1) is 0 Å². The first-order valence-electron chi connectivity index (χ1n) is 7.18. The number of nitrogens with one attached hydrogen (secondary N) is 3. The highest BCUT2D eigenvalue weighted by atomic mass is 32.2. The summed E-state index contributed by atoms with van der Waals surface area (Å²) in [4.78, 5) is 11.8. The normalized spacial score (nSPS) is 10.8. The number of carbonyl (C=O) groups is 1. The number of sulfonamides is 1. The first-order chi connectivity index (χ1) is 11.0. The van der Waals surface area contributed by atoms with Crippen molar-refractivity contribution in [1.29, 1.82) is 0 Å². The second-order valence-electron chi connectivity index (χ2n) is 4.88. The van der Waals surface area contributed by atoms with Crippen LogP contribution in [0.5, 0.6) is 0 Å². The van der Waals surface area contributed by atoms with E-state index >= 15 is 0 Å². The summed E-state index contributed by atoms with van der Waals surface area (Å²) in [6.07, 6.45) is 0. The van der Waals surface area contributed by atoms with Crippen LogP contribution in [0.3, 0.4) is 0 Å². The van der Waals surface area contributed by atoms with Gasteiger partial charge in [0.25, 0.3) is 0 Å². The number of rotatable bonds is 6. The van der Waals surface area contributed by atoms with Gasteiger partial charge in [-0.2, -0.15) is 0 Å². The highest BCUT2D eigenvalue weighted by Crippen LogP contribution is 2.14. The highest BCUT2D eigenvalue weighted by Gasteiger charge is 2.07. The molecule has 0 aliphatic carbocycles. The van der Waals surface area contributed by atoms with Gasteiger partial charge < -0.3 is 10.6 Å². The summed E-state index contributed by atoms with van der Waals surface area (Å²) < 4.78 is 25.4. The second kappa shape index (κ2) is 7.64. The van der Waals surface area contributed by atoms with E-state index in [2.05, 4.69) is 15.4 Å². The van der Waals surface area contributed by atoms with E-state index in [4.69, 9.17) is 0 Å². The molecule has 0 unspecified atom stereocenters. The van der Waals surface area contributed by atoms with Crippen LogP contribution in [0.25, 0.3) is 0 Å². The van der Waals surface area contributed by atoms with Crippen LogP contribution in [0.1, 0.15) is 12.5 Å². The van der Waals surface area contributed by atoms with Crippen molar-refractivity contribution in [3.8, 4) is 0 Å². The third-order valence-corrected chi connectivity index (χ3v) is 4.40. The van der Waals surface area contributed by atoms with Gasteiger partial charge in [-0.05, 0) is 36.8 Å². The highest BCUT2D eigenvalue weighted by molar-refractivity contribution is 7.92. The van der Waals surface area contributed by atoms with Crippen molar-refractivity contribution in [2.45, 2.75) is 13.5 Å². The van der Waals surface area contributed by atoms with Crippen LogP contribution in [-0.4, -0.2) is 20.2 Å². The summed E-state index contributed by atoms with van der Waals surface area (Å²) in [6.45, 7) is 2.00. The van der Waals surface area contributed by atoms with Crippen LogP contribution in [0.2, 0.25) is 0 Å². The third kappa shape index (κ3) is 5.63. The first-order valence-corrected chi connectivity index (χ1v) is 8.83. The van der Waals surface area contributed by atoms with Crippen LogP contribution in [0, 0.1) is 0 Å². The SMILES string of the molecule is CCS(=O)(=O)Nc1ccc(NC(=O)NCc2ccccc2)cc1. The van der Waals surface area contributed by atoms with E-state index in [-0.39, 0.29) is 11.8 Å². The maximum atomic E-state index is 11.8. The van der Waals surface area contributed by atoms with Gasteiger partial charge in [-0.25, -0.2) is 13.2 Å². The lowest BCUT2D eigenvalue weighted by Gasteiger charge is -2.09. The van der Waals surface area contributed by atoms with Crippen molar-refractivity contribution in [3.05, 3.63) is 60.2 Å². The zero-order valence-electron chi connectivity index (χ0n) is 12.7. The Bertz CT molecular complexity index is 744. The van der Waals surface area contributed by atoms with Gasteiger partial charge in [0.15, 0.2) is 0 Å². The van der Waals surface area contributed by atoms with E-state index in [9.17, 15) is 13.2 Å². The molecule has 23 heavy (non-hydrogen) atoms. The molecular weight excluding hydrogens is 314 g/mol. The molecule has 2 rings (SSSR count). The molecule has 2 amide bonds. The maximum Gasteiger partial charge on any atom is 0.319 e. The van der Waals surface area contributed by atoms with Crippen molar-refractivity contribution < 1.29 is 13.2 Å². The van der Waals surface area contributed by atoms with E-state index in [1.807, 2.05) is 30.3 Å². The van der Waals surface area contributed by atoms with Crippen LogP contribution in [0.15, 0.2) is 54.6 Å². The summed E-state index contributed by atoms with van der Waals surface area (Å²) in [5, 5.41) is 5.44. The lowest BCUT2D eigenvalue weighted by Crippen LogP contribution is -2.28. The molecule has 0 aliphatic rings. The Morgan fingerprint density at radius 2 is 1.57 bits per heavy atom. The zero-order valence-corrected chi connectivity index (χ0v) is 13.6. The summed E-state index contributed by atoms with van der Waals surface area (Å²) in [5.74, 6) is 0.00882. The predicted molar refractivity (Wildman–Crippen MR) is 91.8 cm³/mol. The standard InChI is InChI=1S/C16H19N3O3S/c1-2-23(21,22)19-15-10-8-14(9-11-15)18-16(20)17-12-13-6-4-3-5-7-13/h3-11,19H,2,12H2,1H3,(H2,17,18,20). The molecule has 2 aromatic rings. The second-order valence-corrected chi connectivity index (χ2v) is 6.89. The zero-order chi connectivity index (χ0) is 16.7. The lowest BCUT2D eigenvalue weighted by atomic mass is 10.2. The fraction of sp³-hybridized carbons (Fsp3) is 0.188. The Morgan fingerprint density at radius 1 is 0.957 bits per heavy atom. The number of urea groups is 1. The predicted octanol–water partition coefficient (Wildman–Crippen LogP) is 2.77. The van der Waals surface area contributed by atoms with E-state index in [0.717, 1.165) is 5.56 Å². The Kier molecular flexibility index (Phi) is 5.59. The molecule has 0 saturated carbocycles. The first kappa shape index (κ1) is 16.8. The van der Waals surface area contributed by atoms with E-state index in [1.165, 1.54) is 0 Å². The van der Waals surface area contributed by atoms with Crippen LogP contribution in [0.4, 0.5) is 16.2 Å². The van der Waals surface area contributed by atoms with Crippen molar-refractivity contribution in [3.63, 3.8) is 0 Å². The minimum absolute atomic E-state index is 0.00882. The number of hydrogen-bond donors (Lipinski definition) is 3. The fourth-order valence-corrected chi connectivity index (χ4v) is 2.47. The molecule has 7 heteroatoms. The van der Waals surface area contributed by atoms with Crippen molar-refractivity contribution in [1.82, 2.24) is 5.32 Å². The van der Waals surface area contributed by atoms with E-state index < -0.39 is 10.0 Å². The molecule has 0 heterocycles. The summed E-state index contributed by atoms with van der Waals surface area (Å²) in [5.41, 5.74) is 2.05. The summed E-state index contributed by atoms with van der Waals surface area (Å²) >= 11 is 0. The largest absolute Gasteiger partial charge is 0.334 e. The van der Waals surface area contributed by atoms with Crippen LogP contribution < -0.4 is 15.4 Å². The van der Waals surface area contributed by atoms with Crippen molar-refractivity contribution >= 4 is 27.4 Å². The molecule has 2 aromatic carbocycles. The molecule has 0 radical (unpaired) electrons. The lowest BCUT2D eigenvalue weighted by molar-refractivity contribution is 0.251. The van der Waals surface area contributed by atoms with Crippen molar-refractivity contribution in [2.24, 2.45) is 0 Å². The smallest absolute Gasteiger partial charge is 0.319 e.